The molecule has 76 valence electrons. The van der Waals surface area contributed by atoms with Crippen LogP contribution in [0.5, 0.6) is 0 Å². The first-order chi connectivity index (χ1) is 6.85. The number of pyridine rings is 1. The number of aromatic nitrogens is 1. The zero-order chi connectivity index (χ0) is 9.97. The molecule has 1 fully saturated rings. The van der Waals surface area contributed by atoms with Gasteiger partial charge in [0, 0.05) is 24.7 Å². The maximum absolute atomic E-state index is 5.71. The lowest BCUT2D eigenvalue weighted by atomic mass is 10.3. The summed E-state index contributed by atoms with van der Waals surface area (Å²) in [7, 11) is 0. The van der Waals surface area contributed by atoms with E-state index in [0.717, 1.165) is 24.0 Å². The molecule has 0 bridgehead atoms. The second kappa shape index (κ2) is 4.18. The summed E-state index contributed by atoms with van der Waals surface area (Å²) in [6.07, 6.45) is 4.49. The van der Waals surface area contributed by atoms with Crippen LogP contribution < -0.4 is 4.90 Å². The summed E-state index contributed by atoms with van der Waals surface area (Å²) in [4.78, 5) is 6.78. The SMILES string of the molecule is CCN(c1ccc(CCl)cn1)C1CC1. The first-order valence-corrected chi connectivity index (χ1v) is 5.66. The van der Waals surface area contributed by atoms with Crippen LogP contribution in [0.2, 0.25) is 0 Å². The van der Waals surface area contributed by atoms with Gasteiger partial charge in [0.05, 0.1) is 0 Å². The van der Waals surface area contributed by atoms with Crippen LogP contribution in [0.15, 0.2) is 18.3 Å². The summed E-state index contributed by atoms with van der Waals surface area (Å²) in [6.45, 7) is 3.22. The van der Waals surface area contributed by atoms with Gasteiger partial charge in [-0.15, -0.1) is 11.6 Å². The highest BCUT2D eigenvalue weighted by Gasteiger charge is 2.28. The van der Waals surface area contributed by atoms with Gasteiger partial charge in [-0.05, 0) is 31.4 Å². The summed E-state index contributed by atoms with van der Waals surface area (Å²) in [6, 6.07) is 4.86. The molecular formula is C11H15ClN2. The molecule has 2 nitrogen and oxygen atoms in total. The van der Waals surface area contributed by atoms with Gasteiger partial charge in [-0.25, -0.2) is 4.98 Å². The fourth-order valence-corrected chi connectivity index (χ4v) is 1.82. The second-order valence-electron chi connectivity index (χ2n) is 3.68. The number of anilines is 1. The van der Waals surface area contributed by atoms with Crippen LogP contribution in [0.1, 0.15) is 25.3 Å². The molecule has 0 spiro atoms. The minimum absolute atomic E-state index is 0.544. The van der Waals surface area contributed by atoms with Crippen molar-refractivity contribution in [3.8, 4) is 0 Å². The van der Waals surface area contributed by atoms with E-state index in [-0.39, 0.29) is 0 Å². The summed E-state index contributed by atoms with van der Waals surface area (Å²) < 4.78 is 0. The number of halogens is 1. The number of hydrogen-bond donors (Lipinski definition) is 0. The molecule has 0 N–H and O–H groups in total. The Morgan fingerprint density at radius 1 is 1.50 bits per heavy atom. The fraction of sp³-hybridized carbons (Fsp3) is 0.545. The average molecular weight is 211 g/mol. The molecule has 0 aliphatic heterocycles. The molecule has 0 amide bonds. The molecule has 0 saturated heterocycles. The lowest BCUT2D eigenvalue weighted by Crippen LogP contribution is -2.25. The van der Waals surface area contributed by atoms with E-state index in [9.17, 15) is 0 Å². The number of nitrogens with zero attached hydrogens (tertiary/aromatic N) is 2. The Morgan fingerprint density at radius 3 is 2.71 bits per heavy atom. The second-order valence-corrected chi connectivity index (χ2v) is 3.94. The summed E-state index contributed by atoms with van der Waals surface area (Å²) >= 11 is 5.71. The molecule has 1 heterocycles. The van der Waals surface area contributed by atoms with Crippen LogP contribution >= 0.6 is 11.6 Å². The Kier molecular flexibility index (Phi) is 2.92. The molecule has 3 heteroatoms. The minimum atomic E-state index is 0.544. The van der Waals surface area contributed by atoms with Crippen molar-refractivity contribution in [3.05, 3.63) is 23.9 Å². The van der Waals surface area contributed by atoms with Crippen LogP contribution in [-0.2, 0) is 5.88 Å². The van der Waals surface area contributed by atoms with Crippen molar-refractivity contribution in [1.29, 1.82) is 0 Å². The Labute approximate surface area is 89.9 Å². The van der Waals surface area contributed by atoms with Crippen molar-refractivity contribution in [1.82, 2.24) is 4.98 Å². The minimum Gasteiger partial charge on any atom is -0.354 e. The third-order valence-corrected chi connectivity index (χ3v) is 2.89. The monoisotopic (exact) mass is 210 g/mol. The van der Waals surface area contributed by atoms with Crippen LogP contribution in [0, 0.1) is 0 Å². The van der Waals surface area contributed by atoms with Crippen molar-refractivity contribution in [3.63, 3.8) is 0 Å². The highest BCUT2D eigenvalue weighted by atomic mass is 35.5. The van der Waals surface area contributed by atoms with Crippen molar-refractivity contribution in [2.24, 2.45) is 0 Å². The van der Waals surface area contributed by atoms with Crippen molar-refractivity contribution >= 4 is 17.4 Å². The molecule has 1 saturated carbocycles. The maximum atomic E-state index is 5.71. The van der Waals surface area contributed by atoms with Crippen molar-refractivity contribution in [2.45, 2.75) is 31.7 Å². The zero-order valence-corrected chi connectivity index (χ0v) is 9.17. The van der Waals surface area contributed by atoms with Crippen LogP contribution in [-0.4, -0.2) is 17.6 Å². The maximum Gasteiger partial charge on any atom is 0.128 e. The molecule has 0 unspecified atom stereocenters. The summed E-state index contributed by atoms with van der Waals surface area (Å²) in [5.74, 6) is 1.63. The van der Waals surface area contributed by atoms with E-state index >= 15 is 0 Å². The summed E-state index contributed by atoms with van der Waals surface area (Å²) in [5, 5.41) is 0. The van der Waals surface area contributed by atoms with Gasteiger partial charge in [0.15, 0.2) is 0 Å². The molecule has 1 aliphatic rings. The van der Waals surface area contributed by atoms with Gasteiger partial charge in [-0.1, -0.05) is 6.07 Å². The van der Waals surface area contributed by atoms with E-state index in [0.29, 0.717) is 5.88 Å². The van der Waals surface area contributed by atoms with Crippen LogP contribution in [0.4, 0.5) is 5.82 Å². The lowest BCUT2D eigenvalue weighted by molar-refractivity contribution is 0.808. The molecule has 1 aromatic rings. The Balaban J connectivity index is 2.13. The molecular weight excluding hydrogens is 196 g/mol. The van der Waals surface area contributed by atoms with Gasteiger partial charge in [-0.2, -0.15) is 0 Å². The summed E-state index contributed by atoms with van der Waals surface area (Å²) in [5.41, 5.74) is 1.09. The third kappa shape index (κ3) is 2.01. The predicted octanol–water partition coefficient (Wildman–Crippen LogP) is 2.81. The van der Waals surface area contributed by atoms with E-state index in [4.69, 9.17) is 11.6 Å². The smallest absolute Gasteiger partial charge is 0.128 e. The van der Waals surface area contributed by atoms with Gasteiger partial charge in [0.2, 0.25) is 0 Å². The van der Waals surface area contributed by atoms with Crippen LogP contribution in [0.25, 0.3) is 0 Å². The van der Waals surface area contributed by atoms with E-state index in [2.05, 4.69) is 28.9 Å². The van der Waals surface area contributed by atoms with Crippen LogP contribution in [0.3, 0.4) is 0 Å². The Morgan fingerprint density at radius 2 is 2.29 bits per heavy atom. The van der Waals surface area contributed by atoms with E-state index in [1.165, 1.54) is 12.8 Å². The number of hydrogen-bond acceptors (Lipinski definition) is 2. The number of alkyl halides is 1. The first-order valence-electron chi connectivity index (χ1n) is 5.12. The molecule has 14 heavy (non-hydrogen) atoms. The fourth-order valence-electron chi connectivity index (χ4n) is 1.66. The Hall–Kier alpha value is -0.760. The van der Waals surface area contributed by atoms with Gasteiger partial charge < -0.3 is 4.90 Å². The van der Waals surface area contributed by atoms with E-state index in [1.54, 1.807) is 0 Å². The van der Waals surface area contributed by atoms with Gasteiger partial charge in [0.1, 0.15) is 5.82 Å². The number of rotatable bonds is 4. The quantitative estimate of drug-likeness (QED) is 0.711. The van der Waals surface area contributed by atoms with Crippen molar-refractivity contribution in [2.75, 3.05) is 11.4 Å². The third-order valence-electron chi connectivity index (χ3n) is 2.59. The zero-order valence-electron chi connectivity index (χ0n) is 8.41. The standard InChI is InChI=1S/C11H15ClN2/c1-2-14(10-4-5-10)11-6-3-9(7-12)8-13-11/h3,6,8,10H,2,4-5,7H2,1H3. The van der Waals surface area contributed by atoms with E-state index < -0.39 is 0 Å². The molecule has 2 rings (SSSR count). The van der Waals surface area contributed by atoms with Gasteiger partial charge >= 0.3 is 0 Å². The Bertz CT molecular complexity index is 293. The van der Waals surface area contributed by atoms with Gasteiger partial charge in [-0.3, -0.25) is 0 Å². The van der Waals surface area contributed by atoms with E-state index in [1.807, 2.05) is 6.20 Å². The molecule has 1 aliphatic carbocycles. The molecule has 1 aromatic heterocycles. The molecule has 0 atom stereocenters. The average Bonchev–Trinajstić information content (AvgIpc) is 3.04. The first kappa shape index (κ1) is 9.78. The topological polar surface area (TPSA) is 16.1 Å². The van der Waals surface area contributed by atoms with Gasteiger partial charge in [0.25, 0.3) is 0 Å². The molecule has 0 radical (unpaired) electrons. The highest BCUT2D eigenvalue weighted by molar-refractivity contribution is 6.17. The van der Waals surface area contributed by atoms with Crippen molar-refractivity contribution < 1.29 is 0 Å². The highest BCUT2D eigenvalue weighted by Crippen LogP contribution is 2.30. The molecule has 0 aromatic carbocycles. The largest absolute Gasteiger partial charge is 0.354 e. The lowest BCUT2D eigenvalue weighted by Gasteiger charge is -2.21. The predicted molar refractivity (Wildman–Crippen MR) is 59.8 cm³/mol. The normalized spacial score (nSPS) is 15.6.